The molecule has 3 aromatic rings. The van der Waals surface area contributed by atoms with E-state index in [1.54, 1.807) is 36.4 Å². The summed E-state index contributed by atoms with van der Waals surface area (Å²) < 4.78 is 30.5. The Morgan fingerprint density at radius 1 is 1.08 bits per heavy atom. The Hall–Kier alpha value is -3.28. The molecule has 26 heavy (non-hydrogen) atoms. The van der Waals surface area contributed by atoms with Crippen molar-refractivity contribution in [3.8, 4) is 11.5 Å². The maximum atomic E-state index is 13.7. The second-order valence-electron chi connectivity index (χ2n) is 5.85. The highest BCUT2D eigenvalue weighted by Gasteiger charge is 2.32. The number of amides is 1. The second-order valence-corrected chi connectivity index (χ2v) is 5.85. The van der Waals surface area contributed by atoms with Crippen LogP contribution in [0.1, 0.15) is 5.76 Å². The van der Waals surface area contributed by atoms with Crippen molar-refractivity contribution < 1.29 is 23.1 Å². The largest absolute Gasteiger partial charge is 0.485 e. The zero-order valence-electron chi connectivity index (χ0n) is 13.8. The van der Waals surface area contributed by atoms with Gasteiger partial charge in [0.2, 0.25) is 6.10 Å². The highest BCUT2D eigenvalue weighted by atomic mass is 19.1. The number of hydrogen-bond donors (Lipinski definition) is 0. The van der Waals surface area contributed by atoms with E-state index in [0.717, 1.165) is 0 Å². The number of rotatable bonds is 4. The van der Waals surface area contributed by atoms with Crippen LogP contribution >= 0.6 is 0 Å². The van der Waals surface area contributed by atoms with E-state index in [2.05, 4.69) is 0 Å². The molecule has 0 N–H and O–H groups in total. The summed E-state index contributed by atoms with van der Waals surface area (Å²) >= 11 is 0. The van der Waals surface area contributed by atoms with Crippen LogP contribution in [0.2, 0.25) is 0 Å². The maximum absolute atomic E-state index is 13.7. The number of halogens is 1. The van der Waals surface area contributed by atoms with E-state index >= 15 is 0 Å². The van der Waals surface area contributed by atoms with Crippen LogP contribution in [0.15, 0.2) is 71.3 Å². The van der Waals surface area contributed by atoms with Gasteiger partial charge in [-0.25, -0.2) is 4.39 Å². The predicted octanol–water partition coefficient (Wildman–Crippen LogP) is 3.79. The molecule has 6 heteroatoms. The Morgan fingerprint density at radius 2 is 1.92 bits per heavy atom. The van der Waals surface area contributed by atoms with Crippen LogP contribution in [0.4, 0.5) is 10.1 Å². The number of anilines is 1. The minimum atomic E-state index is -0.830. The maximum Gasteiger partial charge on any atom is 0.272 e. The van der Waals surface area contributed by atoms with Crippen LogP contribution in [0.3, 0.4) is 0 Å². The summed E-state index contributed by atoms with van der Waals surface area (Å²) in [5.74, 6) is 0.932. The molecule has 1 atom stereocenters. The van der Waals surface area contributed by atoms with E-state index < -0.39 is 11.9 Å². The van der Waals surface area contributed by atoms with Gasteiger partial charge >= 0.3 is 0 Å². The van der Waals surface area contributed by atoms with Gasteiger partial charge in [0.25, 0.3) is 5.91 Å². The van der Waals surface area contributed by atoms with Gasteiger partial charge in [-0.15, -0.1) is 0 Å². The normalized spacial score (nSPS) is 15.5. The number of para-hydroxylation sites is 2. The van der Waals surface area contributed by atoms with Gasteiger partial charge in [-0.05, 0) is 42.5 Å². The van der Waals surface area contributed by atoms with Crippen molar-refractivity contribution in [1.82, 2.24) is 0 Å². The molecule has 4 rings (SSSR count). The van der Waals surface area contributed by atoms with E-state index in [0.29, 0.717) is 22.9 Å². The monoisotopic (exact) mass is 353 g/mol. The van der Waals surface area contributed by atoms with Crippen molar-refractivity contribution >= 4 is 11.6 Å². The number of carbonyl (C=O) groups excluding carboxylic acids is 1. The lowest BCUT2D eigenvalue weighted by Crippen LogP contribution is -2.46. The molecule has 1 aromatic heterocycles. The van der Waals surface area contributed by atoms with E-state index in [-0.39, 0.29) is 19.1 Å². The molecule has 0 unspecified atom stereocenters. The lowest BCUT2D eigenvalue weighted by Gasteiger charge is -2.30. The van der Waals surface area contributed by atoms with Gasteiger partial charge in [0.15, 0.2) is 11.5 Å². The van der Waals surface area contributed by atoms with E-state index in [9.17, 15) is 9.18 Å². The lowest BCUT2D eigenvalue weighted by molar-refractivity contribution is -0.127. The van der Waals surface area contributed by atoms with Crippen molar-refractivity contribution in [1.29, 1.82) is 0 Å². The van der Waals surface area contributed by atoms with Gasteiger partial charge in [0.1, 0.15) is 18.2 Å². The van der Waals surface area contributed by atoms with Crippen molar-refractivity contribution in [3.05, 3.63) is 78.5 Å². The summed E-state index contributed by atoms with van der Waals surface area (Å²) in [6.45, 7) is 0.247. The smallest absolute Gasteiger partial charge is 0.272 e. The van der Waals surface area contributed by atoms with Crippen LogP contribution in [0, 0.1) is 5.82 Å². The topological polar surface area (TPSA) is 51.9 Å². The summed E-state index contributed by atoms with van der Waals surface area (Å²) in [5, 5.41) is 0. The number of fused-ring (bicyclic) bond motifs is 1. The van der Waals surface area contributed by atoms with Crippen LogP contribution < -0.4 is 14.4 Å². The third kappa shape index (κ3) is 3.26. The van der Waals surface area contributed by atoms with Crippen LogP contribution in [-0.2, 0) is 11.3 Å². The average molecular weight is 353 g/mol. The zero-order valence-corrected chi connectivity index (χ0v) is 13.8. The van der Waals surface area contributed by atoms with Crippen LogP contribution in [0.25, 0.3) is 0 Å². The second kappa shape index (κ2) is 6.92. The fraction of sp³-hybridized carbons (Fsp3) is 0.150. The Bertz CT molecular complexity index is 910. The summed E-state index contributed by atoms with van der Waals surface area (Å²) in [4.78, 5) is 14.5. The molecular weight excluding hydrogens is 337 g/mol. The van der Waals surface area contributed by atoms with Gasteiger partial charge in [-0.1, -0.05) is 18.2 Å². The van der Waals surface area contributed by atoms with Gasteiger partial charge in [0, 0.05) is 5.69 Å². The number of benzene rings is 2. The van der Waals surface area contributed by atoms with Gasteiger partial charge < -0.3 is 18.8 Å². The van der Waals surface area contributed by atoms with Crippen molar-refractivity contribution in [2.24, 2.45) is 0 Å². The quantitative estimate of drug-likeness (QED) is 0.716. The molecule has 0 saturated heterocycles. The summed E-state index contributed by atoms with van der Waals surface area (Å²) in [6.07, 6.45) is 0.697. The molecule has 0 spiro atoms. The van der Waals surface area contributed by atoms with E-state index in [4.69, 9.17) is 13.9 Å². The summed E-state index contributed by atoms with van der Waals surface area (Å²) in [7, 11) is 0. The highest BCUT2D eigenvalue weighted by molar-refractivity contribution is 5.97. The molecular formula is C20H16FNO4. The minimum absolute atomic E-state index is 0.0832. The molecule has 0 aliphatic carbocycles. The van der Waals surface area contributed by atoms with Crippen LogP contribution in [-0.4, -0.2) is 18.6 Å². The van der Waals surface area contributed by atoms with E-state index in [1.807, 2.05) is 12.1 Å². The number of carbonyl (C=O) groups is 1. The molecule has 2 aromatic carbocycles. The minimum Gasteiger partial charge on any atom is -0.485 e. The average Bonchev–Trinajstić information content (AvgIpc) is 3.18. The number of nitrogens with zero attached hydrogens (tertiary/aromatic N) is 1. The first-order chi connectivity index (χ1) is 12.7. The molecule has 1 aliphatic rings. The molecule has 1 amide bonds. The molecule has 1 aliphatic heterocycles. The molecule has 0 radical (unpaired) electrons. The third-order valence-electron chi connectivity index (χ3n) is 4.06. The summed E-state index contributed by atoms with van der Waals surface area (Å²) in [6, 6.07) is 16.5. The molecule has 0 fully saturated rings. The lowest BCUT2D eigenvalue weighted by atomic mass is 10.2. The molecule has 5 nitrogen and oxygen atoms in total. The van der Waals surface area contributed by atoms with Crippen LogP contribution in [0.5, 0.6) is 11.5 Å². The molecule has 132 valence electrons. The molecule has 0 bridgehead atoms. The molecule has 2 heterocycles. The predicted molar refractivity (Wildman–Crippen MR) is 92.7 cm³/mol. The fourth-order valence-corrected chi connectivity index (χ4v) is 2.81. The standard InChI is InChI=1S/C20H16FNO4/c21-14-5-3-6-15(11-14)22(12-16-7-4-10-24-16)20(23)19-13-25-17-8-1-2-9-18(17)26-19/h1-11,19H,12-13H2/t19-/m0/s1. The number of hydrogen-bond acceptors (Lipinski definition) is 4. The Labute approximate surface area is 149 Å². The third-order valence-corrected chi connectivity index (χ3v) is 4.06. The van der Waals surface area contributed by atoms with Gasteiger partial charge in [-0.3, -0.25) is 4.79 Å². The highest BCUT2D eigenvalue weighted by Crippen LogP contribution is 2.32. The molecule has 0 saturated carbocycles. The Morgan fingerprint density at radius 3 is 2.69 bits per heavy atom. The zero-order chi connectivity index (χ0) is 17.9. The van der Waals surface area contributed by atoms with Crippen molar-refractivity contribution in [2.45, 2.75) is 12.6 Å². The van der Waals surface area contributed by atoms with Gasteiger partial charge in [0.05, 0.1) is 12.8 Å². The number of furan rings is 1. The first-order valence-corrected chi connectivity index (χ1v) is 8.18. The first kappa shape index (κ1) is 16.2. The summed E-state index contributed by atoms with van der Waals surface area (Å²) in [5.41, 5.74) is 0.425. The SMILES string of the molecule is O=C([C@@H]1COc2ccccc2O1)N(Cc1ccco1)c1cccc(F)c1. The van der Waals surface area contributed by atoms with Gasteiger partial charge in [-0.2, -0.15) is 0 Å². The first-order valence-electron chi connectivity index (χ1n) is 8.18. The van der Waals surface area contributed by atoms with Crippen molar-refractivity contribution in [3.63, 3.8) is 0 Å². The van der Waals surface area contributed by atoms with E-state index in [1.165, 1.54) is 23.3 Å². The fourth-order valence-electron chi connectivity index (χ4n) is 2.81. The van der Waals surface area contributed by atoms with Crippen molar-refractivity contribution in [2.75, 3.05) is 11.5 Å². The number of ether oxygens (including phenoxy) is 2. The Kier molecular flexibility index (Phi) is 4.31. The Balaban J connectivity index is 1.62.